The molecule has 0 aliphatic carbocycles. The Balaban J connectivity index is 1.11. The number of Topliss-reactive ketones (excluding diaryl/α,β-unsaturated/α-hetero) is 2. The Hall–Kier alpha value is -1.62. The van der Waals surface area contributed by atoms with Gasteiger partial charge in [-0.05, 0) is 62.0 Å². The van der Waals surface area contributed by atoms with Gasteiger partial charge in [0.2, 0.25) is 0 Å². The normalized spacial score (nSPS) is 47.7. The molecular formula is C40H60O13. The van der Waals surface area contributed by atoms with Crippen LogP contribution in [0.25, 0.3) is 0 Å². The zero-order chi connectivity index (χ0) is 37.6. The van der Waals surface area contributed by atoms with E-state index in [0.717, 1.165) is 30.4 Å². The minimum absolute atomic E-state index is 0.00643. The molecule has 7 aliphatic rings. The fraction of sp³-hybridized carbons (Fsp3) is 0.850. The van der Waals surface area contributed by atoms with Crippen LogP contribution >= 0.6 is 0 Å². The van der Waals surface area contributed by atoms with Gasteiger partial charge in [-0.1, -0.05) is 20.1 Å². The summed E-state index contributed by atoms with van der Waals surface area (Å²) in [6.07, 6.45) is -3.55. The third-order valence-corrected chi connectivity index (χ3v) is 13.1. The number of rotatable bonds is 4. The molecule has 0 radical (unpaired) electrons. The molecule has 0 aromatic rings. The van der Waals surface area contributed by atoms with Crippen molar-refractivity contribution in [3.8, 4) is 0 Å². The zero-order valence-corrected chi connectivity index (χ0v) is 31.2. The van der Waals surface area contributed by atoms with Gasteiger partial charge in [0.05, 0.1) is 73.8 Å². The second kappa shape index (κ2) is 16.9. The van der Waals surface area contributed by atoms with Gasteiger partial charge in [-0.25, -0.2) is 0 Å². The highest BCUT2D eigenvalue weighted by molar-refractivity contribution is 5.79. The van der Waals surface area contributed by atoms with Crippen molar-refractivity contribution in [2.75, 3.05) is 13.7 Å². The van der Waals surface area contributed by atoms with Gasteiger partial charge >= 0.3 is 0 Å². The maximum Gasteiger partial charge on any atom is 0.135 e. The molecule has 7 rings (SSSR count). The first kappa shape index (κ1) is 39.6. The third kappa shape index (κ3) is 8.56. The van der Waals surface area contributed by atoms with Gasteiger partial charge in [0, 0.05) is 51.6 Å². The molecule has 7 saturated heterocycles. The van der Waals surface area contributed by atoms with Crippen molar-refractivity contribution >= 4 is 11.6 Å². The molecule has 8 bridgehead atoms. The third-order valence-electron chi connectivity index (χ3n) is 13.1. The average molecular weight is 749 g/mol. The van der Waals surface area contributed by atoms with Crippen LogP contribution in [0.15, 0.2) is 24.3 Å². The van der Waals surface area contributed by atoms with E-state index in [1.165, 1.54) is 0 Å². The monoisotopic (exact) mass is 748 g/mol. The summed E-state index contributed by atoms with van der Waals surface area (Å²) in [7, 11) is 1.58. The van der Waals surface area contributed by atoms with Gasteiger partial charge in [0.1, 0.15) is 42.1 Å². The summed E-state index contributed by atoms with van der Waals surface area (Å²) in [5.74, 6) is -0.221. The summed E-state index contributed by atoms with van der Waals surface area (Å²) < 4.78 is 44.3. The van der Waals surface area contributed by atoms with Gasteiger partial charge in [-0.3, -0.25) is 9.59 Å². The lowest BCUT2D eigenvalue weighted by Gasteiger charge is -2.46. The Morgan fingerprint density at radius 1 is 0.736 bits per heavy atom. The van der Waals surface area contributed by atoms with E-state index >= 15 is 0 Å². The molecular weight excluding hydrogens is 688 g/mol. The van der Waals surface area contributed by atoms with Crippen LogP contribution in [0, 0.1) is 11.8 Å². The molecule has 53 heavy (non-hydrogen) atoms. The molecule has 13 nitrogen and oxygen atoms in total. The van der Waals surface area contributed by atoms with Gasteiger partial charge in [-0.2, -0.15) is 0 Å². The van der Waals surface area contributed by atoms with Crippen LogP contribution in [0.5, 0.6) is 0 Å². The van der Waals surface area contributed by atoms with Crippen molar-refractivity contribution in [3.05, 3.63) is 24.3 Å². The molecule has 0 saturated carbocycles. The molecule has 0 amide bonds. The molecule has 0 aromatic heterocycles. The number of carbonyl (C=O) groups is 2. The second-order valence-corrected chi connectivity index (χ2v) is 16.8. The van der Waals surface area contributed by atoms with Crippen LogP contribution in [0.1, 0.15) is 90.4 Å². The number of ether oxygens (including phenoxy) is 7. The summed E-state index contributed by atoms with van der Waals surface area (Å²) in [6, 6.07) is 0. The van der Waals surface area contributed by atoms with Gasteiger partial charge in [-0.15, -0.1) is 0 Å². The first-order valence-corrected chi connectivity index (χ1v) is 19.9. The number of aliphatic hydroxyl groups excluding tert-OH is 4. The molecule has 12 unspecified atom stereocenters. The van der Waals surface area contributed by atoms with E-state index in [-0.39, 0.29) is 79.9 Å². The molecule has 13 heteroatoms. The maximum absolute atomic E-state index is 13.9. The minimum Gasteiger partial charge on any atom is -0.394 e. The molecule has 0 spiro atoms. The van der Waals surface area contributed by atoms with Crippen molar-refractivity contribution in [1.29, 1.82) is 0 Å². The lowest BCUT2D eigenvalue weighted by Crippen LogP contribution is -2.61. The van der Waals surface area contributed by atoms with Crippen LogP contribution in [0.3, 0.4) is 0 Å². The standard InChI is InChI=1S/C40H60O13/c1-19-11-26-7-9-29-20(2)12-25(48-29)6-5-22(42)15-33-35(45)39-40(53-33)36(46)38-30(52-39)10-8-27(50-38)13-23(43)14-28-32(17-31(49-26)21(19)3)51-34(37(28)47-4)16-24(44)18-41/h19,24-41,44-46H,2-3,5-18H2,1,4H3/t19-,24?,25?,26?,27?,28?,29+,30?,31?,32?,33-,34?,35?,36?,37-,38+,39+,40?/m1/s1. The minimum atomic E-state index is -1.10. The van der Waals surface area contributed by atoms with E-state index in [1.807, 2.05) is 0 Å². The second-order valence-electron chi connectivity index (χ2n) is 16.8. The number of ketones is 2. The van der Waals surface area contributed by atoms with E-state index in [0.29, 0.717) is 32.1 Å². The molecule has 7 fully saturated rings. The molecule has 7 heterocycles. The Bertz CT molecular complexity index is 1340. The number of carbonyl (C=O) groups excluding carboxylic acids is 2. The average Bonchev–Trinajstić information content (AvgIpc) is 3.76. The molecule has 4 N–H and O–H groups in total. The van der Waals surface area contributed by atoms with Crippen molar-refractivity contribution in [2.24, 2.45) is 11.8 Å². The van der Waals surface area contributed by atoms with Gasteiger partial charge in [0.25, 0.3) is 0 Å². The van der Waals surface area contributed by atoms with Crippen LogP contribution in [-0.2, 0) is 42.7 Å². The van der Waals surface area contributed by atoms with Crippen LogP contribution in [0.2, 0.25) is 0 Å². The summed E-state index contributed by atoms with van der Waals surface area (Å²) in [4.78, 5) is 27.0. The van der Waals surface area contributed by atoms with E-state index in [1.54, 1.807) is 7.11 Å². The Morgan fingerprint density at radius 2 is 1.45 bits per heavy atom. The summed E-state index contributed by atoms with van der Waals surface area (Å²) >= 11 is 0. The van der Waals surface area contributed by atoms with Gasteiger partial charge < -0.3 is 53.6 Å². The largest absolute Gasteiger partial charge is 0.394 e. The molecule has 7 aliphatic heterocycles. The van der Waals surface area contributed by atoms with E-state index in [4.69, 9.17) is 33.2 Å². The van der Waals surface area contributed by atoms with E-state index < -0.39 is 79.9 Å². The first-order chi connectivity index (χ1) is 25.4. The fourth-order valence-corrected chi connectivity index (χ4v) is 10.1. The number of methoxy groups -OCH3 is 1. The number of hydrogen-bond donors (Lipinski definition) is 4. The Morgan fingerprint density at radius 3 is 2.23 bits per heavy atom. The maximum atomic E-state index is 13.9. The van der Waals surface area contributed by atoms with Crippen molar-refractivity contribution in [3.63, 3.8) is 0 Å². The SMILES string of the molecule is C=C1C2CC3OC(CC(O)CO)[C@H](OC)C3CC(=O)CC3CCC4O[C@@H]5C(O[C@H](CC(=O)CCC6CC(=C)[C@H](CCC(C[C@H]1C)O2)O6)C5O)C(O)[C@H]4O3. The van der Waals surface area contributed by atoms with Crippen LogP contribution in [-0.4, -0.2) is 143 Å². The summed E-state index contributed by atoms with van der Waals surface area (Å²) in [5, 5.41) is 42.6. The predicted molar refractivity (Wildman–Crippen MR) is 189 cm³/mol. The summed E-state index contributed by atoms with van der Waals surface area (Å²) in [6.45, 7) is 10.4. The zero-order valence-electron chi connectivity index (χ0n) is 31.2. The lowest BCUT2D eigenvalue weighted by molar-refractivity contribution is -0.259. The Kier molecular flexibility index (Phi) is 12.6. The highest BCUT2D eigenvalue weighted by Crippen LogP contribution is 2.43. The molecule has 298 valence electrons. The number of aliphatic hydroxyl groups is 4. The smallest absolute Gasteiger partial charge is 0.135 e. The van der Waals surface area contributed by atoms with Gasteiger partial charge in [0.15, 0.2) is 0 Å². The highest BCUT2D eigenvalue weighted by atomic mass is 16.6. The van der Waals surface area contributed by atoms with Crippen LogP contribution in [0.4, 0.5) is 0 Å². The van der Waals surface area contributed by atoms with E-state index in [2.05, 4.69) is 20.1 Å². The number of hydrogen-bond acceptors (Lipinski definition) is 13. The number of fused-ring (bicyclic) bond motifs is 7. The highest BCUT2D eigenvalue weighted by Gasteiger charge is 2.57. The molecule has 18 atom stereocenters. The predicted octanol–water partition coefficient (Wildman–Crippen LogP) is 2.27. The first-order valence-electron chi connectivity index (χ1n) is 19.9. The van der Waals surface area contributed by atoms with Crippen molar-refractivity contribution in [2.45, 2.75) is 188 Å². The van der Waals surface area contributed by atoms with Crippen molar-refractivity contribution < 1.29 is 63.2 Å². The quantitative estimate of drug-likeness (QED) is 0.308. The Labute approximate surface area is 312 Å². The molecule has 0 aromatic carbocycles. The lowest BCUT2D eigenvalue weighted by atomic mass is 9.81. The van der Waals surface area contributed by atoms with Crippen molar-refractivity contribution in [1.82, 2.24) is 0 Å². The van der Waals surface area contributed by atoms with Crippen LogP contribution < -0.4 is 0 Å². The fourth-order valence-electron chi connectivity index (χ4n) is 10.1. The summed E-state index contributed by atoms with van der Waals surface area (Å²) in [5.41, 5.74) is 2.00. The topological polar surface area (TPSA) is 180 Å². The van der Waals surface area contributed by atoms with E-state index in [9.17, 15) is 30.0 Å².